The van der Waals surface area contributed by atoms with Crippen molar-refractivity contribution in [3.05, 3.63) is 48.6 Å². The minimum absolute atomic E-state index is 0.267. The van der Waals surface area contributed by atoms with E-state index in [0.717, 1.165) is 51.4 Å². The van der Waals surface area contributed by atoms with E-state index in [1.807, 2.05) is 0 Å². The molecule has 0 heterocycles. The molecule has 1 amide bonds. The third kappa shape index (κ3) is 28.9. The minimum Gasteiger partial charge on any atom is -0.393 e. The van der Waals surface area contributed by atoms with Crippen LogP contribution in [0.5, 0.6) is 0 Å². The van der Waals surface area contributed by atoms with Gasteiger partial charge >= 0.3 is 7.82 Å². The Balaban J connectivity index is 2.58. The first-order valence-electron chi connectivity index (χ1n) is 24.2. The molecule has 1 saturated carbocycles. The van der Waals surface area contributed by atoms with Gasteiger partial charge in [-0.2, -0.15) is 0 Å². The Morgan fingerprint density at radius 3 is 1.42 bits per heavy atom. The molecule has 0 aromatic rings. The van der Waals surface area contributed by atoms with Crippen molar-refractivity contribution in [1.29, 1.82) is 0 Å². The van der Waals surface area contributed by atoms with Gasteiger partial charge in [0.1, 0.15) is 36.6 Å². The van der Waals surface area contributed by atoms with Gasteiger partial charge in [0.05, 0.1) is 31.3 Å². The van der Waals surface area contributed by atoms with Gasteiger partial charge < -0.3 is 46.0 Å². The Morgan fingerprint density at radius 2 is 0.952 bits per heavy atom. The Labute approximate surface area is 374 Å². The van der Waals surface area contributed by atoms with Crippen LogP contribution < -0.4 is 5.32 Å². The fraction of sp³-hybridized carbons (Fsp3) is 0.812. The van der Waals surface area contributed by atoms with E-state index in [9.17, 15) is 50.0 Å². The zero-order valence-electron chi connectivity index (χ0n) is 38.3. The van der Waals surface area contributed by atoms with Crippen LogP contribution in [0.3, 0.4) is 0 Å². The molecule has 0 aromatic heterocycles. The standard InChI is InChI=1S/C48H88NO12P/c1-3-5-7-9-11-13-15-17-19-21-23-25-27-29-31-33-35-39(50)37-42(52)49-40(38-60-62(58,59)61-48-46(56)44(54)43(53)45(55)47(48)57)41(51)36-34-32-30-28-26-24-22-20-18-16-14-12-10-8-6-4-2/h18,20,23,25-26,28,34,36,39-41,43-48,50-51,53-57H,3-17,19,21-22,24,27,29-33,35,37-38H2,1-2H3,(H,49,52)(H,58,59)/b20-18+,25-23-,28-26+,36-34+. The Hall–Kier alpha value is -1.74. The first-order valence-corrected chi connectivity index (χ1v) is 25.7. The minimum atomic E-state index is -5.16. The molecule has 9 N–H and O–H groups in total. The largest absolute Gasteiger partial charge is 0.472 e. The molecule has 1 aliphatic carbocycles. The predicted molar refractivity (Wildman–Crippen MR) is 247 cm³/mol. The van der Waals surface area contributed by atoms with Gasteiger partial charge in [-0.05, 0) is 70.6 Å². The number of aliphatic hydroxyl groups is 7. The summed E-state index contributed by atoms with van der Waals surface area (Å²) < 4.78 is 22.9. The molecule has 0 bridgehead atoms. The molecule has 62 heavy (non-hydrogen) atoms. The van der Waals surface area contributed by atoms with Crippen LogP contribution in [0.1, 0.15) is 187 Å². The summed E-state index contributed by atoms with van der Waals surface area (Å²) in [7, 11) is -5.16. The molecular weight excluding hydrogens is 813 g/mol. The van der Waals surface area contributed by atoms with Crippen LogP contribution in [0.4, 0.5) is 0 Å². The molecule has 13 nitrogen and oxygen atoms in total. The van der Waals surface area contributed by atoms with E-state index in [2.05, 4.69) is 55.6 Å². The number of allylic oxidation sites excluding steroid dienone is 7. The topological polar surface area (TPSA) is 226 Å². The van der Waals surface area contributed by atoms with Crippen LogP contribution in [0.15, 0.2) is 48.6 Å². The zero-order chi connectivity index (χ0) is 45.9. The van der Waals surface area contributed by atoms with Crippen LogP contribution in [-0.4, -0.2) is 108 Å². The van der Waals surface area contributed by atoms with Crippen molar-refractivity contribution in [2.24, 2.45) is 0 Å². The Bertz CT molecular complexity index is 1250. The van der Waals surface area contributed by atoms with E-state index in [1.165, 1.54) is 102 Å². The monoisotopic (exact) mass is 902 g/mol. The average Bonchev–Trinajstić information content (AvgIpc) is 3.24. The summed E-state index contributed by atoms with van der Waals surface area (Å²) >= 11 is 0. The lowest BCUT2D eigenvalue weighted by molar-refractivity contribution is -0.220. The van der Waals surface area contributed by atoms with Crippen molar-refractivity contribution < 1.29 is 59.0 Å². The number of nitrogens with one attached hydrogen (secondary N) is 1. The van der Waals surface area contributed by atoms with Crippen molar-refractivity contribution >= 4 is 13.7 Å². The second kappa shape index (κ2) is 37.5. The number of phosphoric acid groups is 1. The number of amides is 1. The van der Waals surface area contributed by atoms with Crippen molar-refractivity contribution in [3.8, 4) is 0 Å². The van der Waals surface area contributed by atoms with E-state index >= 15 is 0 Å². The van der Waals surface area contributed by atoms with E-state index in [4.69, 9.17) is 9.05 Å². The number of hydrogen-bond donors (Lipinski definition) is 9. The number of phosphoric ester groups is 1. The second-order valence-electron chi connectivity index (χ2n) is 17.1. The molecular formula is C48H88NO12P. The van der Waals surface area contributed by atoms with E-state index in [-0.39, 0.29) is 6.42 Å². The third-order valence-electron chi connectivity index (χ3n) is 11.4. The van der Waals surface area contributed by atoms with E-state index in [1.54, 1.807) is 6.08 Å². The van der Waals surface area contributed by atoms with Crippen LogP contribution in [-0.2, 0) is 18.4 Å². The summed E-state index contributed by atoms with van der Waals surface area (Å²) in [5.74, 6) is -0.617. The molecule has 1 rings (SSSR count). The average molecular weight is 902 g/mol. The molecule has 0 aromatic carbocycles. The van der Waals surface area contributed by atoms with Crippen LogP contribution >= 0.6 is 7.82 Å². The summed E-state index contributed by atoms with van der Waals surface area (Å²) in [5.41, 5.74) is 0. The predicted octanol–water partition coefficient (Wildman–Crippen LogP) is 8.31. The number of unbranched alkanes of at least 4 members (excludes halogenated alkanes) is 20. The maximum Gasteiger partial charge on any atom is 0.472 e. The SMILES string of the molecule is CCCCCCCC/C=C/CC/C=C/CC/C=C/C(O)C(COP(=O)(O)OC1C(O)C(O)C(O)C(O)C1O)NC(=O)CC(O)CCCCC/C=C\CCCCCCCCCCC. The van der Waals surface area contributed by atoms with Crippen LogP contribution in [0.2, 0.25) is 0 Å². The van der Waals surface area contributed by atoms with Gasteiger partial charge in [0.15, 0.2) is 0 Å². The van der Waals surface area contributed by atoms with Gasteiger partial charge in [0.2, 0.25) is 5.91 Å². The summed E-state index contributed by atoms with van der Waals surface area (Å²) in [6.45, 7) is 3.71. The van der Waals surface area contributed by atoms with Gasteiger partial charge in [0.25, 0.3) is 0 Å². The molecule has 0 saturated heterocycles. The summed E-state index contributed by atoms with van der Waals surface area (Å²) in [6.07, 6.45) is 30.6. The van der Waals surface area contributed by atoms with Gasteiger partial charge in [0, 0.05) is 0 Å². The highest BCUT2D eigenvalue weighted by molar-refractivity contribution is 7.47. The van der Waals surface area contributed by atoms with Crippen molar-refractivity contribution in [2.45, 2.75) is 242 Å². The van der Waals surface area contributed by atoms with Crippen molar-refractivity contribution in [3.63, 3.8) is 0 Å². The second-order valence-corrected chi connectivity index (χ2v) is 18.5. The van der Waals surface area contributed by atoms with Gasteiger partial charge in [-0.3, -0.25) is 13.8 Å². The fourth-order valence-corrected chi connectivity index (χ4v) is 8.35. The van der Waals surface area contributed by atoms with Gasteiger partial charge in [-0.15, -0.1) is 0 Å². The molecule has 1 aliphatic rings. The molecule has 8 unspecified atom stereocenters. The van der Waals surface area contributed by atoms with Crippen molar-refractivity contribution in [2.75, 3.05) is 6.61 Å². The number of aliphatic hydroxyl groups excluding tert-OH is 7. The molecule has 0 aliphatic heterocycles. The lowest BCUT2D eigenvalue weighted by Crippen LogP contribution is -2.64. The number of carbonyl (C=O) groups excluding carboxylic acids is 1. The summed E-state index contributed by atoms with van der Waals surface area (Å²) in [4.78, 5) is 23.4. The number of hydrogen-bond acceptors (Lipinski definition) is 11. The summed E-state index contributed by atoms with van der Waals surface area (Å²) in [5, 5.41) is 74.5. The highest BCUT2D eigenvalue weighted by Crippen LogP contribution is 2.47. The molecule has 362 valence electrons. The molecule has 1 fully saturated rings. The van der Waals surface area contributed by atoms with Crippen LogP contribution in [0, 0.1) is 0 Å². The highest BCUT2D eigenvalue weighted by Gasteiger charge is 2.51. The highest BCUT2D eigenvalue weighted by atomic mass is 31.2. The summed E-state index contributed by atoms with van der Waals surface area (Å²) in [6, 6.07) is -1.27. The smallest absolute Gasteiger partial charge is 0.393 e. The van der Waals surface area contributed by atoms with Gasteiger partial charge in [-0.1, -0.05) is 159 Å². The first-order chi connectivity index (χ1) is 29.8. The van der Waals surface area contributed by atoms with Gasteiger partial charge in [-0.25, -0.2) is 4.57 Å². The van der Waals surface area contributed by atoms with E-state index < -0.39 is 75.2 Å². The maximum absolute atomic E-state index is 13.0. The zero-order valence-corrected chi connectivity index (χ0v) is 39.2. The Morgan fingerprint density at radius 1 is 0.565 bits per heavy atom. The normalized spacial score (nSPS) is 23.5. The fourth-order valence-electron chi connectivity index (χ4n) is 7.38. The lowest BCUT2D eigenvalue weighted by Gasteiger charge is -2.41. The third-order valence-corrected chi connectivity index (χ3v) is 12.3. The first kappa shape index (κ1) is 58.3. The van der Waals surface area contributed by atoms with Crippen molar-refractivity contribution in [1.82, 2.24) is 5.32 Å². The quantitative estimate of drug-likeness (QED) is 0.0161. The van der Waals surface area contributed by atoms with Crippen LogP contribution in [0.25, 0.3) is 0 Å². The molecule has 0 spiro atoms. The molecule has 14 heteroatoms. The number of carbonyl (C=O) groups is 1. The Kier molecular flexibility index (Phi) is 35.2. The van der Waals surface area contributed by atoms with E-state index in [0.29, 0.717) is 19.3 Å². The molecule has 8 atom stereocenters. The number of rotatable bonds is 39. The molecule has 0 radical (unpaired) electrons. The maximum atomic E-state index is 13.0. The lowest BCUT2D eigenvalue weighted by atomic mass is 9.85.